The quantitative estimate of drug-likeness (QED) is 0.850. The highest BCUT2D eigenvalue weighted by atomic mass is 32.1. The maximum atomic E-state index is 5.53. The Hall–Kier alpha value is -1.59. The van der Waals surface area contributed by atoms with Gasteiger partial charge in [-0.2, -0.15) is 0 Å². The van der Waals surface area contributed by atoms with E-state index in [1.807, 2.05) is 31.3 Å². The molecule has 20 heavy (non-hydrogen) atoms. The summed E-state index contributed by atoms with van der Waals surface area (Å²) in [6, 6.07) is 5.92. The van der Waals surface area contributed by atoms with Crippen molar-refractivity contribution in [1.29, 1.82) is 0 Å². The first-order chi connectivity index (χ1) is 9.78. The van der Waals surface area contributed by atoms with Gasteiger partial charge in [0.15, 0.2) is 11.5 Å². The van der Waals surface area contributed by atoms with Crippen molar-refractivity contribution in [2.24, 2.45) is 0 Å². The van der Waals surface area contributed by atoms with Crippen molar-refractivity contribution in [3.05, 3.63) is 29.3 Å². The lowest BCUT2D eigenvalue weighted by atomic mass is 10.2. The number of hydrogen-bond donors (Lipinski definition) is 1. The minimum absolute atomic E-state index is 0.625. The van der Waals surface area contributed by atoms with Crippen LogP contribution in [-0.4, -0.2) is 25.2 Å². The highest BCUT2D eigenvalue weighted by Crippen LogP contribution is 2.34. The van der Waals surface area contributed by atoms with Gasteiger partial charge in [0.25, 0.3) is 0 Å². The first-order valence-corrected chi connectivity index (χ1v) is 7.56. The van der Waals surface area contributed by atoms with Crippen LogP contribution in [0.25, 0.3) is 10.6 Å². The van der Waals surface area contributed by atoms with Gasteiger partial charge in [-0.05, 0) is 31.7 Å². The smallest absolute Gasteiger partial charge is 0.161 e. The fourth-order valence-corrected chi connectivity index (χ4v) is 2.72. The molecule has 108 valence electrons. The monoisotopic (exact) mass is 292 g/mol. The molecule has 0 bridgehead atoms. The minimum Gasteiger partial charge on any atom is -0.493 e. The van der Waals surface area contributed by atoms with Crippen molar-refractivity contribution in [1.82, 2.24) is 10.3 Å². The van der Waals surface area contributed by atoms with E-state index < -0.39 is 0 Å². The van der Waals surface area contributed by atoms with Gasteiger partial charge < -0.3 is 14.8 Å². The van der Waals surface area contributed by atoms with E-state index in [4.69, 9.17) is 9.47 Å². The van der Waals surface area contributed by atoms with Gasteiger partial charge in [0.2, 0.25) is 0 Å². The molecule has 1 aromatic heterocycles. The Morgan fingerprint density at radius 2 is 2.10 bits per heavy atom. The van der Waals surface area contributed by atoms with Crippen molar-refractivity contribution in [2.75, 3.05) is 20.3 Å². The zero-order valence-corrected chi connectivity index (χ0v) is 12.9. The summed E-state index contributed by atoms with van der Waals surface area (Å²) < 4.78 is 10.9. The molecule has 5 heteroatoms. The van der Waals surface area contributed by atoms with Crippen LogP contribution in [0.1, 0.15) is 18.7 Å². The summed E-state index contributed by atoms with van der Waals surface area (Å²) in [7, 11) is 1.65. The fraction of sp³-hybridized carbons (Fsp3) is 0.400. The number of nitrogens with one attached hydrogen (secondary N) is 1. The lowest BCUT2D eigenvalue weighted by molar-refractivity contribution is 0.311. The average Bonchev–Trinajstić information content (AvgIpc) is 2.94. The summed E-state index contributed by atoms with van der Waals surface area (Å²) in [5.41, 5.74) is 1.05. The molecule has 0 amide bonds. The molecule has 2 aromatic rings. The number of methoxy groups -OCH3 is 1. The molecule has 0 fully saturated rings. The van der Waals surface area contributed by atoms with Gasteiger partial charge >= 0.3 is 0 Å². The van der Waals surface area contributed by atoms with Gasteiger partial charge in [-0.1, -0.05) is 6.92 Å². The normalized spacial score (nSPS) is 10.6. The molecule has 0 saturated carbocycles. The molecule has 2 rings (SSSR count). The summed E-state index contributed by atoms with van der Waals surface area (Å²) in [6.45, 7) is 6.51. The molecule has 1 aromatic carbocycles. The zero-order valence-electron chi connectivity index (χ0n) is 12.1. The predicted octanol–water partition coefficient (Wildman–Crippen LogP) is 3.33. The Balaban J connectivity index is 2.21. The van der Waals surface area contributed by atoms with Crippen LogP contribution in [0.3, 0.4) is 0 Å². The molecule has 0 saturated heterocycles. The van der Waals surface area contributed by atoms with Crippen LogP contribution in [0.15, 0.2) is 24.4 Å². The van der Waals surface area contributed by atoms with Crippen molar-refractivity contribution in [3.8, 4) is 22.1 Å². The van der Waals surface area contributed by atoms with Crippen LogP contribution in [0.5, 0.6) is 11.5 Å². The third-order valence-electron chi connectivity index (χ3n) is 2.81. The summed E-state index contributed by atoms with van der Waals surface area (Å²) >= 11 is 1.69. The Labute approximate surface area is 123 Å². The number of rotatable bonds is 7. The van der Waals surface area contributed by atoms with E-state index in [0.717, 1.165) is 35.2 Å². The molecule has 0 aliphatic carbocycles. The first-order valence-electron chi connectivity index (χ1n) is 6.75. The van der Waals surface area contributed by atoms with Crippen LogP contribution >= 0.6 is 11.3 Å². The second-order valence-corrected chi connectivity index (χ2v) is 5.33. The van der Waals surface area contributed by atoms with Gasteiger partial charge in [0, 0.05) is 23.2 Å². The average molecular weight is 292 g/mol. The largest absolute Gasteiger partial charge is 0.493 e. The van der Waals surface area contributed by atoms with E-state index in [1.165, 1.54) is 4.88 Å². The number of hydrogen-bond acceptors (Lipinski definition) is 5. The maximum Gasteiger partial charge on any atom is 0.161 e. The highest BCUT2D eigenvalue weighted by Gasteiger charge is 2.09. The summed E-state index contributed by atoms with van der Waals surface area (Å²) in [5, 5.41) is 4.30. The van der Waals surface area contributed by atoms with E-state index in [2.05, 4.69) is 17.2 Å². The van der Waals surface area contributed by atoms with Crippen molar-refractivity contribution in [3.63, 3.8) is 0 Å². The number of benzene rings is 1. The van der Waals surface area contributed by atoms with Crippen LogP contribution in [0.2, 0.25) is 0 Å². The lowest BCUT2D eigenvalue weighted by Crippen LogP contribution is -2.10. The predicted molar refractivity (Wildman–Crippen MR) is 82.7 cm³/mol. The van der Waals surface area contributed by atoms with Gasteiger partial charge in [0.1, 0.15) is 5.01 Å². The van der Waals surface area contributed by atoms with E-state index in [0.29, 0.717) is 6.61 Å². The second kappa shape index (κ2) is 7.26. The third kappa shape index (κ3) is 3.49. The Bertz CT molecular complexity index is 555. The molecular formula is C15H20N2O2S. The van der Waals surface area contributed by atoms with Gasteiger partial charge in [0.05, 0.1) is 13.7 Å². The molecule has 0 spiro atoms. The molecule has 0 aliphatic heterocycles. The van der Waals surface area contributed by atoms with E-state index >= 15 is 0 Å². The Morgan fingerprint density at radius 3 is 2.80 bits per heavy atom. The van der Waals surface area contributed by atoms with E-state index in [9.17, 15) is 0 Å². The van der Waals surface area contributed by atoms with Crippen LogP contribution in [0.4, 0.5) is 0 Å². The summed E-state index contributed by atoms with van der Waals surface area (Å²) in [5.74, 6) is 1.51. The fourth-order valence-electron chi connectivity index (χ4n) is 1.85. The van der Waals surface area contributed by atoms with E-state index in [-0.39, 0.29) is 0 Å². The summed E-state index contributed by atoms with van der Waals surface area (Å²) in [6.07, 6.45) is 1.92. The maximum absolute atomic E-state index is 5.53. The van der Waals surface area contributed by atoms with Crippen molar-refractivity contribution in [2.45, 2.75) is 20.4 Å². The van der Waals surface area contributed by atoms with Crippen LogP contribution in [0, 0.1) is 0 Å². The molecule has 1 heterocycles. The lowest BCUT2D eigenvalue weighted by Gasteiger charge is -2.09. The van der Waals surface area contributed by atoms with Gasteiger partial charge in [-0.3, -0.25) is 0 Å². The number of ether oxygens (including phenoxy) is 2. The molecule has 1 N–H and O–H groups in total. The number of thiazole rings is 1. The van der Waals surface area contributed by atoms with Gasteiger partial charge in [-0.25, -0.2) is 4.98 Å². The zero-order chi connectivity index (χ0) is 14.4. The van der Waals surface area contributed by atoms with Gasteiger partial charge in [-0.15, -0.1) is 11.3 Å². The third-order valence-corrected chi connectivity index (χ3v) is 3.86. The Kier molecular flexibility index (Phi) is 5.38. The number of nitrogens with zero attached hydrogens (tertiary/aromatic N) is 1. The first kappa shape index (κ1) is 14.8. The standard InChI is InChI=1S/C15H20N2O2S/c1-4-16-9-12-10-17-15(20-12)11-6-7-13(19-5-2)14(8-11)18-3/h6-8,10,16H,4-5,9H2,1-3H3. The molecule has 0 radical (unpaired) electrons. The highest BCUT2D eigenvalue weighted by molar-refractivity contribution is 7.15. The molecule has 0 aliphatic rings. The SMILES string of the molecule is CCNCc1cnc(-c2ccc(OCC)c(OC)c2)s1. The topological polar surface area (TPSA) is 43.4 Å². The van der Waals surface area contributed by atoms with E-state index in [1.54, 1.807) is 18.4 Å². The number of aromatic nitrogens is 1. The Morgan fingerprint density at radius 1 is 1.25 bits per heavy atom. The van der Waals surface area contributed by atoms with Crippen LogP contribution < -0.4 is 14.8 Å². The molecule has 4 nitrogen and oxygen atoms in total. The molecule has 0 unspecified atom stereocenters. The molecule has 0 atom stereocenters. The molecular weight excluding hydrogens is 272 g/mol. The second-order valence-electron chi connectivity index (χ2n) is 4.21. The van der Waals surface area contributed by atoms with Crippen molar-refractivity contribution >= 4 is 11.3 Å². The van der Waals surface area contributed by atoms with Crippen LogP contribution in [-0.2, 0) is 6.54 Å². The van der Waals surface area contributed by atoms with Crippen molar-refractivity contribution < 1.29 is 9.47 Å². The summed E-state index contributed by atoms with van der Waals surface area (Å²) in [4.78, 5) is 5.70. The minimum atomic E-state index is 0.625.